The highest BCUT2D eigenvalue weighted by Gasteiger charge is 2.46. The number of nitriles is 1. The van der Waals surface area contributed by atoms with E-state index in [1.165, 1.54) is 0 Å². The number of hydrogen-bond donors (Lipinski definition) is 0. The summed E-state index contributed by atoms with van der Waals surface area (Å²) in [5.41, 5.74) is 2.26. The van der Waals surface area contributed by atoms with Crippen LogP contribution in [0.4, 0.5) is 0 Å². The summed E-state index contributed by atoms with van der Waals surface area (Å²) in [4.78, 5) is 6.01. The maximum Gasteiger partial charge on any atom is 0.192 e. The van der Waals surface area contributed by atoms with Gasteiger partial charge in [0.2, 0.25) is 0 Å². The Kier molecular flexibility index (Phi) is 5.35. The number of nitrogens with zero attached hydrogens (tertiary/aromatic N) is 2. The Bertz CT molecular complexity index is 725. The summed E-state index contributed by atoms with van der Waals surface area (Å²) in [5, 5.41) is 11.5. The molecule has 3 atom stereocenters. The van der Waals surface area contributed by atoms with E-state index >= 15 is 0 Å². The molecule has 25 heavy (non-hydrogen) atoms. The van der Waals surface area contributed by atoms with E-state index in [0.29, 0.717) is 6.54 Å². The van der Waals surface area contributed by atoms with Crippen molar-refractivity contribution in [2.75, 3.05) is 0 Å². The molecule has 130 valence electrons. The fraction of sp³-hybridized carbons (Fsp3) is 0.350. The second-order valence-electron chi connectivity index (χ2n) is 7.27. The Labute approximate surface area is 150 Å². The van der Waals surface area contributed by atoms with Gasteiger partial charge in [-0.2, -0.15) is 10.3 Å². The van der Waals surface area contributed by atoms with Gasteiger partial charge in [-0.05, 0) is 30.8 Å². The molecular weight excluding hydrogens is 328 g/mol. The van der Waals surface area contributed by atoms with Gasteiger partial charge in [0, 0.05) is 6.54 Å². The van der Waals surface area contributed by atoms with Crippen molar-refractivity contribution in [2.45, 2.75) is 44.4 Å². The summed E-state index contributed by atoms with van der Waals surface area (Å²) in [6, 6.07) is 22.5. The van der Waals surface area contributed by atoms with E-state index in [1.54, 1.807) is 0 Å². The van der Waals surface area contributed by atoms with E-state index in [9.17, 15) is 5.26 Å². The summed E-state index contributed by atoms with van der Waals surface area (Å²) in [6.45, 7) is 7.04. The fourth-order valence-electron chi connectivity index (χ4n) is 3.14. The lowest BCUT2D eigenvalue weighted by Crippen LogP contribution is -2.39. The summed E-state index contributed by atoms with van der Waals surface area (Å²) in [6.07, 6.45) is -0.886. The molecule has 3 rings (SSSR count). The Hall–Kier alpha value is -1.97. The van der Waals surface area contributed by atoms with Gasteiger partial charge >= 0.3 is 0 Å². The second kappa shape index (κ2) is 7.50. The Balaban J connectivity index is 1.94. The molecular formula is C20H24N2O2Si. The van der Waals surface area contributed by atoms with Gasteiger partial charge in [-0.3, -0.25) is 4.84 Å². The summed E-state index contributed by atoms with van der Waals surface area (Å²) in [5.74, 6) is 0. The highest BCUT2D eigenvalue weighted by molar-refractivity contribution is 6.69. The highest BCUT2D eigenvalue weighted by atomic mass is 28.4. The van der Waals surface area contributed by atoms with Crippen molar-refractivity contribution in [3.05, 3.63) is 71.8 Å². The molecule has 1 heterocycles. The molecule has 0 radical (unpaired) electrons. The first-order chi connectivity index (χ1) is 12.0. The van der Waals surface area contributed by atoms with Gasteiger partial charge in [-0.1, -0.05) is 60.7 Å². The quantitative estimate of drug-likeness (QED) is 0.753. The van der Waals surface area contributed by atoms with Gasteiger partial charge in [-0.15, -0.1) is 0 Å². The molecule has 0 N–H and O–H groups in total. The smallest absolute Gasteiger partial charge is 0.192 e. The lowest BCUT2D eigenvalue weighted by molar-refractivity contribution is -0.158. The maximum absolute atomic E-state index is 9.62. The minimum atomic E-state index is -1.83. The van der Waals surface area contributed by atoms with Crippen LogP contribution in [0.15, 0.2) is 60.7 Å². The predicted octanol–water partition coefficient (Wildman–Crippen LogP) is 4.29. The lowest BCUT2D eigenvalue weighted by atomic mass is 9.99. The molecule has 0 spiro atoms. The Morgan fingerprint density at radius 1 is 1.04 bits per heavy atom. The molecule has 1 aliphatic heterocycles. The topological polar surface area (TPSA) is 45.5 Å². The average molecular weight is 353 g/mol. The van der Waals surface area contributed by atoms with Crippen LogP contribution < -0.4 is 0 Å². The molecule has 5 heteroatoms. The zero-order chi connectivity index (χ0) is 17.9. The average Bonchev–Trinajstić information content (AvgIpc) is 2.92. The van der Waals surface area contributed by atoms with Crippen LogP contribution in [0, 0.1) is 11.3 Å². The molecule has 1 fully saturated rings. The Morgan fingerprint density at radius 3 is 2.20 bits per heavy atom. The van der Waals surface area contributed by atoms with E-state index in [0.717, 1.165) is 11.1 Å². The molecule has 2 aromatic rings. The number of hydroxylamine groups is 2. The normalized spacial score (nSPS) is 24.2. The second-order valence-corrected chi connectivity index (χ2v) is 11.7. The maximum atomic E-state index is 9.62. The van der Waals surface area contributed by atoms with Crippen LogP contribution >= 0.6 is 0 Å². The number of benzene rings is 2. The molecule has 0 saturated carbocycles. The van der Waals surface area contributed by atoms with Gasteiger partial charge < -0.3 is 4.43 Å². The van der Waals surface area contributed by atoms with Gasteiger partial charge in [0.15, 0.2) is 14.4 Å². The first-order valence-electron chi connectivity index (χ1n) is 8.58. The molecule has 0 aromatic heterocycles. The number of rotatable bonds is 5. The third-order valence-electron chi connectivity index (χ3n) is 4.11. The third kappa shape index (κ3) is 4.36. The van der Waals surface area contributed by atoms with Crippen LogP contribution in [0.25, 0.3) is 0 Å². The fourth-order valence-corrected chi connectivity index (χ4v) is 4.21. The molecule has 1 saturated heterocycles. The molecule has 0 aliphatic carbocycles. The van der Waals surface area contributed by atoms with E-state index in [1.807, 2.05) is 41.5 Å². The monoisotopic (exact) mass is 352 g/mol. The predicted molar refractivity (Wildman–Crippen MR) is 99.9 cm³/mol. The van der Waals surface area contributed by atoms with Gasteiger partial charge in [0.25, 0.3) is 0 Å². The van der Waals surface area contributed by atoms with E-state index in [-0.39, 0.29) is 12.1 Å². The highest BCUT2D eigenvalue weighted by Crippen LogP contribution is 2.38. The minimum absolute atomic E-state index is 0.0993. The molecule has 4 nitrogen and oxygen atoms in total. The summed E-state index contributed by atoms with van der Waals surface area (Å²) >= 11 is 0. The largest absolute Gasteiger partial charge is 0.409 e. The zero-order valence-electron chi connectivity index (χ0n) is 14.9. The summed E-state index contributed by atoms with van der Waals surface area (Å²) in [7, 11) is -1.83. The first kappa shape index (κ1) is 17.8. The van der Waals surface area contributed by atoms with Crippen molar-refractivity contribution >= 4 is 8.32 Å². The van der Waals surface area contributed by atoms with Crippen molar-refractivity contribution in [2.24, 2.45) is 0 Å². The van der Waals surface area contributed by atoms with Gasteiger partial charge in [-0.25, -0.2) is 0 Å². The molecule has 2 aromatic carbocycles. The molecule has 1 aliphatic rings. The van der Waals surface area contributed by atoms with Crippen LogP contribution in [0.2, 0.25) is 19.6 Å². The molecule has 0 bridgehead atoms. The Morgan fingerprint density at radius 2 is 1.64 bits per heavy atom. The minimum Gasteiger partial charge on any atom is -0.409 e. The SMILES string of the molecule is C[Si](C)(C)O[C@H]1[C@@H](c2ccccc2)N(Cc2ccccc2)O[C@@H]1C#N. The van der Waals surface area contributed by atoms with Crippen molar-refractivity contribution < 1.29 is 9.26 Å². The van der Waals surface area contributed by atoms with Crippen LogP contribution in [-0.4, -0.2) is 25.6 Å². The summed E-state index contributed by atoms with van der Waals surface area (Å²) < 4.78 is 6.39. The molecule has 0 unspecified atom stereocenters. The van der Waals surface area contributed by atoms with E-state index < -0.39 is 14.4 Å². The van der Waals surface area contributed by atoms with Crippen LogP contribution in [-0.2, 0) is 15.8 Å². The standard InChI is InChI=1S/C20H24N2O2Si/c1-25(2,3)24-20-18(14-21)23-22(15-16-10-6-4-7-11-16)19(20)17-12-8-5-9-13-17/h4-13,18-20H,15H2,1-3H3/t18-,19-,20-/m1/s1. The van der Waals surface area contributed by atoms with Crippen LogP contribution in [0.3, 0.4) is 0 Å². The van der Waals surface area contributed by atoms with Crippen molar-refractivity contribution in [1.82, 2.24) is 5.06 Å². The first-order valence-corrected chi connectivity index (χ1v) is 12.0. The van der Waals surface area contributed by atoms with Gasteiger partial charge in [0.05, 0.1) is 12.1 Å². The van der Waals surface area contributed by atoms with Crippen LogP contribution in [0.1, 0.15) is 17.2 Å². The van der Waals surface area contributed by atoms with Gasteiger partial charge in [0.1, 0.15) is 6.10 Å². The van der Waals surface area contributed by atoms with Crippen molar-refractivity contribution in [1.29, 1.82) is 5.26 Å². The van der Waals surface area contributed by atoms with Crippen LogP contribution in [0.5, 0.6) is 0 Å². The van der Waals surface area contributed by atoms with E-state index in [2.05, 4.69) is 50.0 Å². The number of hydrogen-bond acceptors (Lipinski definition) is 4. The van der Waals surface area contributed by atoms with Crippen molar-refractivity contribution in [3.63, 3.8) is 0 Å². The van der Waals surface area contributed by atoms with E-state index in [4.69, 9.17) is 9.26 Å². The van der Waals surface area contributed by atoms with Crippen molar-refractivity contribution in [3.8, 4) is 6.07 Å². The third-order valence-corrected chi connectivity index (χ3v) is 5.09. The molecule has 0 amide bonds. The lowest BCUT2D eigenvalue weighted by Gasteiger charge is -2.30. The zero-order valence-corrected chi connectivity index (χ0v) is 15.9.